The first kappa shape index (κ1) is 18.3. The molecule has 1 amide bonds. The average Bonchev–Trinajstić information content (AvgIpc) is 3.04. The predicted octanol–water partition coefficient (Wildman–Crippen LogP) is 5.43. The van der Waals surface area contributed by atoms with Crippen LogP contribution in [0.3, 0.4) is 0 Å². The molecule has 0 spiro atoms. The van der Waals surface area contributed by atoms with Gasteiger partial charge in [-0.2, -0.15) is 0 Å². The largest absolute Gasteiger partial charge is 0.335 e. The smallest absolute Gasteiger partial charge is 0.265 e. The van der Waals surface area contributed by atoms with E-state index in [4.69, 9.17) is 11.6 Å². The van der Waals surface area contributed by atoms with E-state index in [0.717, 1.165) is 47.3 Å². The molecular formula is C21H27ClN2OS. The number of carbonyl (C=O) groups excluding carboxylic acids is 1. The van der Waals surface area contributed by atoms with Gasteiger partial charge >= 0.3 is 0 Å². The van der Waals surface area contributed by atoms with Crippen molar-refractivity contribution in [2.24, 2.45) is 0 Å². The van der Waals surface area contributed by atoms with Crippen LogP contribution in [-0.2, 0) is 0 Å². The maximum atomic E-state index is 13.3. The molecule has 1 atom stereocenters. The number of benzene rings is 1. The summed E-state index contributed by atoms with van der Waals surface area (Å²) in [5, 5.41) is 1.64. The molecule has 4 rings (SSSR count). The Bertz CT molecular complexity index is 768. The Hall–Kier alpha value is -1.10. The number of hydrogen-bond acceptors (Lipinski definition) is 3. The van der Waals surface area contributed by atoms with Crippen molar-refractivity contribution in [1.29, 1.82) is 0 Å². The minimum absolute atomic E-state index is 0.138. The summed E-state index contributed by atoms with van der Waals surface area (Å²) in [7, 11) is 0. The van der Waals surface area contributed by atoms with Crippen molar-refractivity contribution in [2.75, 3.05) is 26.2 Å². The van der Waals surface area contributed by atoms with Gasteiger partial charge in [0.05, 0.1) is 5.02 Å². The van der Waals surface area contributed by atoms with E-state index < -0.39 is 0 Å². The van der Waals surface area contributed by atoms with Crippen LogP contribution in [0, 0.1) is 0 Å². The highest BCUT2D eigenvalue weighted by Crippen LogP contribution is 2.37. The van der Waals surface area contributed by atoms with E-state index in [2.05, 4.69) is 9.80 Å². The molecule has 3 nitrogen and oxygen atoms in total. The second-order valence-electron chi connectivity index (χ2n) is 7.58. The van der Waals surface area contributed by atoms with Crippen molar-refractivity contribution >= 4 is 38.9 Å². The predicted molar refractivity (Wildman–Crippen MR) is 110 cm³/mol. The number of thiophene rings is 1. The van der Waals surface area contributed by atoms with Gasteiger partial charge in [-0.05, 0) is 57.7 Å². The van der Waals surface area contributed by atoms with Gasteiger partial charge in [-0.1, -0.05) is 36.2 Å². The summed E-state index contributed by atoms with van der Waals surface area (Å²) in [6.45, 7) is 4.44. The first-order valence-corrected chi connectivity index (χ1v) is 11.1. The molecule has 2 aliphatic rings. The first-order valence-electron chi connectivity index (χ1n) is 9.94. The first-order chi connectivity index (χ1) is 12.7. The number of amides is 1. The molecule has 0 bridgehead atoms. The van der Waals surface area contributed by atoms with Gasteiger partial charge in [0.1, 0.15) is 4.88 Å². The molecule has 5 heteroatoms. The highest BCUT2D eigenvalue weighted by molar-refractivity contribution is 7.21. The van der Waals surface area contributed by atoms with E-state index in [9.17, 15) is 4.79 Å². The molecule has 2 aliphatic heterocycles. The lowest BCUT2D eigenvalue weighted by Gasteiger charge is -2.37. The molecule has 0 radical (unpaired) electrons. The van der Waals surface area contributed by atoms with E-state index in [1.54, 1.807) is 11.3 Å². The molecule has 0 saturated carbocycles. The number of carbonyl (C=O) groups is 1. The van der Waals surface area contributed by atoms with Crippen LogP contribution in [-0.4, -0.2) is 47.9 Å². The highest BCUT2D eigenvalue weighted by atomic mass is 35.5. The van der Waals surface area contributed by atoms with Crippen LogP contribution in [0.4, 0.5) is 0 Å². The van der Waals surface area contributed by atoms with Gasteiger partial charge in [0.25, 0.3) is 5.91 Å². The van der Waals surface area contributed by atoms with Gasteiger partial charge in [-0.15, -0.1) is 11.3 Å². The van der Waals surface area contributed by atoms with Gasteiger partial charge in [0, 0.05) is 29.2 Å². The van der Waals surface area contributed by atoms with E-state index in [1.807, 2.05) is 24.3 Å². The van der Waals surface area contributed by atoms with Crippen molar-refractivity contribution in [1.82, 2.24) is 9.80 Å². The number of halogens is 1. The average molecular weight is 391 g/mol. The number of rotatable bonds is 4. The Labute approximate surface area is 164 Å². The standard InChI is InChI=1S/C21H27ClN2OS/c22-19-17-9-2-3-10-18(17)26-20(19)21(25)24-14-7-4-8-16(24)11-15-23-12-5-1-6-13-23/h2-3,9-10,16H,1,4-8,11-15H2/t16-/m1/s1. The van der Waals surface area contributed by atoms with Gasteiger partial charge in [-0.3, -0.25) is 4.79 Å². The molecular weight excluding hydrogens is 364 g/mol. The molecule has 3 heterocycles. The Morgan fingerprint density at radius 2 is 1.85 bits per heavy atom. The second-order valence-corrected chi connectivity index (χ2v) is 9.01. The topological polar surface area (TPSA) is 23.6 Å². The quantitative estimate of drug-likeness (QED) is 0.695. The lowest BCUT2D eigenvalue weighted by molar-refractivity contribution is 0.0584. The Morgan fingerprint density at radius 3 is 2.65 bits per heavy atom. The molecule has 2 saturated heterocycles. The third kappa shape index (κ3) is 3.78. The van der Waals surface area contributed by atoms with Crippen LogP contribution in [0.2, 0.25) is 5.02 Å². The van der Waals surface area contributed by atoms with Crippen LogP contribution in [0.15, 0.2) is 24.3 Å². The maximum absolute atomic E-state index is 13.3. The summed E-state index contributed by atoms with van der Waals surface area (Å²) >= 11 is 8.11. The Balaban J connectivity index is 1.49. The van der Waals surface area contributed by atoms with Gasteiger partial charge < -0.3 is 9.80 Å². The van der Waals surface area contributed by atoms with E-state index in [1.165, 1.54) is 38.8 Å². The van der Waals surface area contributed by atoms with Crippen molar-refractivity contribution < 1.29 is 4.79 Å². The van der Waals surface area contributed by atoms with Crippen LogP contribution in [0.25, 0.3) is 10.1 Å². The zero-order valence-corrected chi connectivity index (χ0v) is 16.8. The molecule has 0 N–H and O–H groups in total. The minimum Gasteiger partial charge on any atom is -0.335 e. The summed E-state index contributed by atoms with van der Waals surface area (Å²) in [5.41, 5.74) is 0. The van der Waals surface area contributed by atoms with E-state index in [0.29, 0.717) is 11.1 Å². The zero-order chi connectivity index (χ0) is 17.9. The Kier molecular flexibility index (Phi) is 5.82. The van der Waals surface area contributed by atoms with Crippen LogP contribution >= 0.6 is 22.9 Å². The number of likely N-dealkylation sites (tertiary alicyclic amines) is 2. The molecule has 26 heavy (non-hydrogen) atoms. The van der Waals surface area contributed by atoms with E-state index >= 15 is 0 Å². The minimum atomic E-state index is 0.138. The molecule has 2 fully saturated rings. The van der Waals surface area contributed by atoms with Crippen LogP contribution in [0.1, 0.15) is 54.6 Å². The summed E-state index contributed by atoms with van der Waals surface area (Å²) < 4.78 is 1.10. The highest BCUT2D eigenvalue weighted by Gasteiger charge is 2.30. The van der Waals surface area contributed by atoms with Crippen LogP contribution < -0.4 is 0 Å². The zero-order valence-electron chi connectivity index (χ0n) is 15.3. The second kappa shape index (κ2) is 8.28. The number of fused-ring (bicyclic) bond motifs is 1. The summed E-state index contributed by atoms with van der Waals surface area (Å²) in [4.78, 5) is 18.7. The van der Waals surface area contributed by atoms with Crippen LogP contribution in [0.5, 0.6) is 0 Å². The fourth-order valence-electron chi connectivity index (χ4n) is 4.36. The van der Waals surface area contributed by atoms with Crippen molar-refractivity contribution in [3.8, 4) is 0 Å². The van der Waals surface area contributed by atoms with E-state index in [-0.39, 0.29) is 5.91 Å². The van der Waals surface area contributed by atoms with Crippen molar-refractivity contribution in [3.63, 3.8) is 0 Å². The third-order valence-corrected chi connectivity index (χ3v) is 7.51. The number of nitrogens with zero attached hydrogens (tertiary/aromatic N) is 2. The lowest BCUT2D eigenvalue weighted by atomic mass is 9.98. The molecule has 1 aromatic carbocycles. The molecule has 140 valence electrons. The summed E-state index contributed by atoms with van der Waals surface area (Å²) in [6.07, 6.45) is 8.57. The van der Waals surface area contributed by atoms with Gasteiger partial charge in [0.15, 0.2) is 0 Å². The molecule has 1 aromatic heterocycles. The van der Waals surface area contributed by atoms with Crippen molar-refractivity contribution in [2.45, 2.75) is 51.0 Å². The van der Waals surface area contributed by atoms with Crippen molar-refractivity contribution in [3.05, 3.63) is 34.2 Å². The summed E-state index contributed by atoms with van der Waals surface area (Å²) in [6, 6.07) is 8.41. The molecule has 0 unspecified atom stereocenters. The SMILES string of the molecule is O=C(c1sc2ccccc2c1Cl)N1CCCC[C@@H]1CCN1CCCCC1. The Morgan fingerprint density at radius 1 is 1.08 bits per heavy atom. The maximum Gasteiger partial charge on any atom is 0.265 e. The summed E-state index contributed by atoms with van der Waals surface area (Å²) in [5.74, 6) is 0.138. The third-order valence-electron chi connectivity index (χ3n) is 5.84. The fraction of sp³-hybridized carbons (Fsp3) is 0.571. The number of piperidine rings is 2. The van der Waals surface area contributed by atoms with Gasteiger partial charge in [-0.25, -0.2) is 0 Å². The molecule has 2 aromatic rings. The lowest BCUT2D eigenvalue weighted by Crippen LogP contribution is -2.45. The van der Waals surface area contributed by atoms with Gasteiger partial charge in [0.2, 0.25) is 0 Å². The molecule has 0 aliphatic carbocycles. The number of hydrogen-bond donors (Lipinski definition) is 0. The fourth-order valence-corrected chi connectivity index (χ4v) is 5.83. The monoisotopic (exact) mass is 390 g/mol. The normalized spacial score (nSPS) is 22.0.